The molecule has 1 atom stereocenters. The van der Waals surface area contributed by atoms with Gasteiger partial charge < -0.3 is 14.0 Å². The molecule has 1 aromatic carbocycles. The molecule has 0 saturated carbocycles. The van der Waals surface area contributed by atoms with Crippen LogP contribution in [-0.2, 0) is 17.8 Å². The third-order valence-electron chi connectivity index (χ3n) is 2.67. The van der Waals surface area contributed by atoms with Crippen LogP contribution in [0.2, 0.25) is 0 Å². The van der Waals surface area contributed by atoms with Crippen LogP contribution < -0.4 is 9.47 Å². The van der Waals surface area contributed by atoms with Crippen molar-refractivity contribution in [1.82, 2.24) is 0 Å². The van der Waals surface area contributed by atoms with Gasteiger partial charge in [0.05, 0.1) is 19.9 Å². The number of benzene rings is 1. The fraction of sp³-hybridized carbons (Fsp3) is 0.533. The van der Waals surface area contributed by atoms with Gasteiger partial charge in [-0.05, 0) is 45.4 Å². The van der Waals surface area contributed by atoms with Crippen LogP contribution in [0.3, 0.4) is 0 Å². The van der Waals surface area contributed by atoms with E-state index in [-0.39, 0.29) is 4.75 Å². The summed E-state index contributed by atoms with van der Waals surface area (Å²) in [5.41, 5.74) is 1.89. The van der Waals surface area contributed by atoms with E-state index >= 15 is 0 Å². The summed E-state index contributed by atoms with van der Waals surface area (Å²) in [7, 11) is 3.22. The molecule has 5 heteroatoms. The second-order valence-corrected chi connectivity index (χ2v) is 7.46. The van der Waals surface area contributed by atoms with Gasteiger partial charge in [0.2, 0.25) is 0 Å². The van der Waals surface area contributed by atoms with Gasteiger partial charge in [-0.25, -0.2) is 0 Å². The van der Waals surface area contributed by atoms with E-state index in [0.29, 0.717) is 17.9 Å². The lowest BCUT2D eigenvalue weighted by molar-refractivity contribution is 0.354. The van der Waals surface area contributed by atoms with E-state index < -0.39 is 11.4 Å². The maximum Gasteiger partial charge on any atom is 0.160 e. The molecule has 4 nitrogen and oxygen atoms in total. The van der Waals surface area contributed by atoms with Gasteiger partial charge in [0, 0.05) is 6.42 Å². The van der Waals surface area contributed by atoms with E-state index in [9.17, 15) is 4.55 Å². The van der Waals surface area contributed by atoms with Gasteiger partial charge in [-0.15, -0.1) is 0 Å². The van der Waals surface area contributed by atoms with Crippen LogP contribution in [0, 0.1) is 0 Å². The molecule has 0 aromatic heterocycles. The average molecular weight is 297 g/mol. The van der Waals surface area contributed by atoms with E-state index in [0.717, 1.165) is 11.3 Å². The predicted octanol–water partition coefficient (Wildman–Crippen LogP) is 3.17. The minimum absolute atomic E-state index is 0.334. The highest BCUT2D eigenvalue weighted by molar-refractivity contribution is 7.91. The maximum atomic E-state index is 12.0. The molecule has 0 aliphatic rings. The van der Waals surface area contributed by atoms with Crippen molar-refractivity contribution in [1.29, 1.82) is 0 Å². The normalized spacial score (nSPS) is 14.1. The van der Waals surface area contributed by atoms with E-state index in [2.05, 4.69) is 4.40 Å². The van der Waals surface area contributed by atoms with Crippen LogP contribution in [0.25, 0.3) is 0 Å². The summed E-state index contributed by atoms with van der Waals surface area (Å²) < 4.78 is 26.4. The van der Waals surface area contributed by atoms with Gasteiger partial charge in [-0.1, -0.05) is 10.5 Å². The molecule has 0 saturated heterocycles. The largest absolute Gasteiger partial charge is 0.591 e. The minimum atomic E-state index is -1.22. The molecular weight excluding hydrogens is 274 g/mol. The highest BCUT2D eigenvalue weighted by atomic mass is 32.2. The molecule has 1 aromatic rings. The zero-order valence-electron chi connectivity index (χ0n) is 13.0. The molecule has 0 N–H and O–H groups in total. The molecule has 0 amide bonds. The maximum absolute atomic E-state index is 12.0. The Kier molecular flexibility index (Phi) is 5.89. The molecule has 0 bridgehead atoms. The van der Waals surface area contributed by atoms with Gasteiger partial charge in [0.15, 0.2) is 11.5 Å². The summed E-state index contributed by atoms with van der Waals surface area (Å²) in [6.07, 6.45) is 0.641. The van der Waals surface area contributed by atoms with E-state index in [4.69, 9.17) is 9.47 Å². The number of rotatable bonds is 5. The summed E-state index contributed by atoms with van der Waals surface area (Å²) in [6.45, 7) is 7.63. The summed E-state index contributed by atoms with van der Waals surface area (Å²) >= 11 is -1.22. The van der Waals surface area contributed by atoms with Crippen molar-refractivity contribution in [3.05, 3.63) is 23.8 Å². The summed E-state index contributed by atoms with van der Waals surface area (Å²) in [5.74, 6) is 1.39. The Balaban J connectivity index is 2.86. The van der Waals surface area contributed by atoms with Crippen LogP contribution >= 0.6 is 0 Å². The van der Waals surface area contributed by atoms with Crippen molar-refractivity contribution in [2.45, 2.75) is 38.9 Å². The van der Waals surface area contributed by atoms with Gasteiger partial charge in [-0.2, -0.15) is 0 Å². The first-order chi connectivity index (χ1) is 9.27. The fourth-order valence-electron chi connectivity index (χ4n) is 1.60. The SMILES string of the molecule is COc1ccc(C/C(C)=N/[S@@+]([O-])C(C)(C)C)cc1OC. The Morgan fingerprint density at radius 2 is 1.80 bits per heavy atom. The number of hydrogen-bond acceptors (Lipinski definition) is 4. The van der Waals surface area contributed by atoms with Crippen LogP contribution in [0.5, 0.6) is 11.5 Å². The number of hydrogen-bond donors (Lipinski definition) is 0. The van der Waals surface area contributed by atoms with Gasteiger partial charge >= 0.3 is 0 Å². The summed E-state index contributed by atoms with van der Waals surface area (Å²) in [6, 6.07) is 5.74. The molecule has 0 spiro atoms. The first kappa shape index (κ1) is 16.9. The number of nitrogens with zero attached hydrogens (tertiary/aromatic N) is 1. The first-order valence-electron chi connectivity index (χ1n) is 6.45. The van der Waals surface area contributed by atoms with Crippen LogP contribution in [0.1, 0.15) is 33.3 Å². The first-order valence-corrected chi connectivity index (χ1v) is 7.55. The summed E-state index contributed by atoms with van der Waals surface area (Å²) in [4.78, 5) is 0. The molecule has 1 rings (SSSR count). The second kappa shape index (κ2) is 6.99. The average Bonchev–Trinajstić information content (AvgIpc) is 2.37. The quantitative estimate of drug-likeness (QED) is 0.619. The molecule has 20 heavy (non-hydrogen) atoms. The highest BCUT2D eigenvalue weighted by Gasteiger charge is 2.26. The fourth-order valence-corrected chi connectivity index (χ4v) is 2.22. The van der Waals surface area contributed by atoms with E-state index in [1.807, 2.05) is 45.9 Å². The Hall–Kier alpha value is -1.20. The Morgan fingerprint density at radius 1 is 1.20 bits per heavy atom. The monoisotopic (exact) mass is 297 g/mol. The van der Waals surface area contributed by atoms with Crippen molar-refractivity contribution in [2.24, 2.45) is 4.40 Å². The predicted molar refractivity (Wildman–Crippen MR) is 84.3 cm³/mol. The standard InChI is InChI=1S/C15H23NO3S/c1-11(16-20(17)15(2,3)4)9-12-7-8-13(18-5)14(10-12)19-6/h7-8,10H,9H2,1-6H3/b16-11+/t20-/m0/s1. The van der Waals surface area contributed by atoms with Crippen molar-refractivity contribution >= 4 is 17.1 Å². The van der Waals surface area contributed by atoms with Crippen molar-refractivity contribution in [3.63, 3.8) is 0 Å². The Morgan fingerprint density at radius 3 is 2.30 bits per heavy atom. The topological polar surface area (TPSA) is 53.9 Å². The van der Waals surface area contributed by atoms with Crippen molar-refractivity contribution in [3.8, 4) is 11.5 Å². The minimum Gasteiger partial charge on any atom is -0.591 e. The Labute approximate surface area is 124 Å². The smallest absolute Gasteiger partial charge is 0.160 e. The van der Waals surface area contributed by atoms with E-state index in [1.165, 1.54) is 0 Å². The number of methoxy groups -OCH3 is 2. The number of ether oxygens (including phenoxy) is 2. The zero-order chi connectivity index (χ0) is 15.3. The molecule has 0 heterocycles. The second-order valence-electron chi connectivity index (χ2n) is 5.55. The van der Waals surface area contributed by atoms with Crippen LogP contribution in [0.15, 0.2) is 22.6 Å². The third kappa shape index (κ3) is 4.72. The molecule has 0 aliphatic heterocycles. The third-order valence-corrected chi connectivity index (χ3v) is 4.20. The van der Waals surface area contributed by atoms with Crippen molar-refractivity contribution < 1.29 is 14.0 Å². The van der Waals surface area contributed by atoms with Crippen LogP contribution in [0.4, 0.5) is 0 Å². The molecular formula is C15H23NO3S. The molecule has 0 unspecified atom stereocenters. The lowest BCUT2D eigenvalue weighted by Crippen LogP contribution is -2.26. The highest BCUT2D eigenvalue weighted by Crippen LogP contribution is 2.28. The van der Waals surface area contributed by atoms with Crippen LogP contribution in [-0.4, -0.2) is 29.2 Å². The molecule has 112 valence electrons. The zero-order valence-corrected chi connectivity index (χ0v) is 13.8. The lowest BCUT2D eigenvalue weighted by Gasteiger charge is -2.18. The molecule has 0 aliphatic carbocycles. The van der Waals surface area contributed by atoms with Gasteiger partial charge in [-0.3, -0.25) is 0 Å². The molecule has 0 radical (unpaired) electrons. The van der Waals surface area contributed by atoms with Crippen molar-refractivity contribution in [2.75, 3.05) is 14.2 Å². The van der Waals surface area contributed by atoms with E-state index in [1.54, 1.807) is 14.2 Å². The summed E-state index contributed by atoms with van der Waals surface area (Å²) in [5, 5.41) is 0. The van der Waals surface area contributed by atoms with Gasteiger partial charge in [0.1, 0.15) is 16.1 Å². The van der Waals surface area contributed by atoms with Gasteiger partial charge in [0.25, 0.3) is 0 Å². The molecule has 0 fully saturated rings. The Bertz CT molecular complexity index is 480. The lowest BCUT2D eigenvalue weighted by atomic mass is 10.1.